The molecule has 7 heteroatoms. The van der Waals surface area contributed by atoms with E-state index in [2.05, 4.69) is 15.5 Å². The number of nitrogens with one attached hydrogen (secondary N) is 2. The maximum absolute atomic E-state index is 12.3. The van der Waals surface area contributed by atoms with Gasteiger partial charge in [0.2, 0.25) is 5.56 Å². The Kier molecular flexibility index (Phi) is 4.57. The van der Waals surface area contributed by atoms with Crippen LogP contribution in [0.15, 0.2) is 35.5 Å². The van der Waals surface area contributed by atoms with Crippen LogP contribution in [-0.2, 0) is 11.8 Å². The molecule has 0 aliphatic carbocycles. The molecule has 0 radical (unpaired) electrons. The third kappa shape index (κ3) is 3.50. The van der Waals surface area contributed by atoms with Crippen molar-refractivity contribution in [2.24, 2.45) is 13.0 Å². The number of pyridine rings is 1. The first-order valence-electron chi connectivity index (χ1n) is 7.70. The molecular weight excluding hydrogens is 296 g/mol. The van der Waals surface area contributed by atoms with E-state index in [1.165, 1.54) is 10.6 Å². The van der Waals surface area contributed by atoms with Crippen LogP contribution in [0.2, 0.25) is 0 Å². The molecule has 1 saturated heterocycles. The molecule has 1 fully saturated rings. The van der Waals surface area contributed by atoms with Gasteiger partial charge in [-0.2, -0.15) is 5.10 Å². The summed E-state index contributed by atoms with van der Waals surface area (Å²) in [7, 11) is 1.63. The molecular formula is C16H20N4O3. The Morgan fingerprint density at radius 1 is 1.52 bits per heavy atom. The van der Waals surface area contributed by atoms with Gasteiger partial charge in [0.25, 0.3) is 5.91 Å². The highest BCUT2D eigenvalue weighted by molar-refractivity contribution is 5.93. The van der Waals surface area contributed by atoms with Gasteiger partial charge in [0.15, 0.2) is 0 Å². The predicted octanol–water partition coefficient (Wildman–Crippen LogP) is 1.01. The lowest BCUT2D eigenvalue weighted by atomic mass is 9.91. The first-order valence-corrected chi connectivity index (χ1v) is 7.70. The molecule has 1 aliphatic heterocycles. The molecule has 0 saturated carbocycles. The minimum atomic E-state index is -0.183. The summed E-state index contributed by atoms with van der Waals surface area (Å²) >= 11 is 0. The van der Waals surface area contributed by atoms with E-state index in [0.29, 0.717) is 12.1 Å². The van der Waals surface area contributed by atoms with Gasteiger partial charge < -0.3 is 14.6 Å². The zero-order valence-corrected chi connectivity index (χ0v) is 13.0. The average molecular weight is 316 g/mol. The highest BCUT2D eigenvalue weighted by atomic mass is 16.5. The van der Waals surface area contributed by atoms with Gasteiger partial charge in [-0.25, -0.2) is 0 Å². The Morgan fingerprint density at radius 2 is 2.39 bits per heavy atom. The van der Waals surface area contributed by atoms with Gasteiger partial charge in [0.1, 0.15) is 0 Å². The second-order valence-electron chi connectivity index (χ2n) is 5.80. The smallest absolute Gasteiger partial charge is 0.252 e. The summed E-state index contributed by atoms with van der Waals surface area (Å²) in [5.74, 6) is 0.0231. The quantitative estimate of drug-likeness (QED) is 0.881. The molecule has 2 atom stereocenters. The zero-order valence-electron chi connectivity index (χ0n) is 13.0. The molecule has 1 aliphatic rings. The van der Waals surface area contributed by atoms with Gasteiger partial charge in [-0.15, -0.1) is 0 Å². The summed E-state index contributed by atoms with van der Waals surface area (Å²) in [6.45, 7) is 1.25. The fraction of sp³-hybridized carbons (Fsp3) is 0.438. The Labute approximate surface area is 133 Å². The minimum Gasteiger partial charge on any atom is -0.373 e. The van der Waals surface area contributed by atoms with E-state index < -0.39 is 0 Å². The second kappa shape index (κ2) is 6.78. The molecule has 7 nitrogen and oxygen atoms in total. The number of carbonyl (C=O) groups is 1. The molecule has 0 aromatic carbocycles. The number of aromatic nitrogens is 3. The minimum absolute atomic E-state index is 0.0528. The van der Waals surface area contributed by atoms with Crippen LogP contribution in [0.4, 0.5) is 0 Å². The number of ether oxygens (including phenoxy) is 1. The van der Waals surface area contributed by atoms with Crippen molar-refractivity contribution in [2.75, 3.05) is 13.2 Å². The maximum atomic E-state index is 12.3. The number of hydrogen-bond acceptors (Lipinski definition) is 4. The summed E-state index contributed by atoms with van der Waals surface area (Å²) in [6, 6.07) is 2.94. The standard InChI is InChI=1S/C16H20N4O3/c1-20-10-12(4-5-14(20)21)16(22)17-7-11-3-2-6-23-15(11)13-8-18-19-9-13/h4-5,8-11,15H,2-3,6-7H2,1H3,(H,17,22)(H,18,19)/t11-,15+/m0/s1. The molecule has 2 N–H and O–H groups in total. The van der Waals surface area contributed by atoms with E-state index in [4.69, 9.17) is 4.74 Å². The summed E-state index contributed by atoms with van der Waals surface area (Å²) in [6.07, 6.45) is 7.05. The molecule has 3 rings (SSSR count). The maximum Gasteiger partial charge on any atom is 0.252 e. The molecule has 0 bridgehead atoms. The fourth-order valence-corrected chi connectivity index (χ4v) is 2.89. The monoisotopic (exact) mass is 316 g/mol. The second-order valence-corrected chi connectivity index (χ2v) is 5.80. The van der Waals surface area contributed by atoms with Crippen LogP contribution in [0.5, 0.6) is 0 Å². The van der Waals surface area contributed by atoms with Crippen LogP contribution < -0.4 is 10.9 Å². The lowest BCUT2D eigenvalue weighted by Crippen LogP contribution is -2.35. The van der Waals surface area contributed by atoms with Crippen molar-refractivity contribution < 1.29 is 9.53 Å². The summed E-state index contributed by atoms with van der Waals surface area (Å²) in [5.41, 5.74) is 1.34. The van der Waals surface area contributed by atoms with Crippen molar-refractivity contribution in [3.8, 4) is 0 Å². The summed E-state index contributed by atoms with van der Waals surface area (Å²) in [4.78, 5) is 23.6. The van der Waals surface area contributed by atoms with Gasteiger partial charge in [0, 0.05) is 50.1 Å². The van der Waals surface area contributed by atoms with Crippen molar-refractivity contribution in [2.45, 2.75) is 18.9 Å². The van der Waals surface area contributed by atoms with Crippen molar-refractivity contribution in [3.05, 3.63) is 52.2 Å². The lowest BCUT2D eigenvalue weighted by molar-refractivity contribution is -0.0272. The molecule has 0 spiro atoms. The van der Waals surface area contributed by atoms with Crippen LogP contribution in [0.3, 0.4) is 0 Å². The highest BCUT2D eigenvalue weighted by Gasteiger charge is 2.28. The highest BCUT2D eigenvalue weighted by Crippen LogP contribution is 2.32. The van der Waals surface area contributed by atoms with Crippen LogP contribution >= 0.6 is 0 Å². The molecule has 2 aromatic heterocycles. The number of aromatic amines is 1. The Morgan fingerprint density at radius 3 is 3.13 bits per heavy atom. The molecule has 0 unspecified atom stereocenters. The van der Waals surface area contributed by atoms with Gasteiger partial charge in [-0.1, -0.05) is 0 Å². The van der Waals surface area contributed by atoms with E-state index in [1.807, 2.05) is 6.20 Å². The topological polar surface area (TPSA) is 89.0 Å². The van der Waals surface area contributed by atoms with Crippen LogP contribution in [-0.4, -0.2) is 33.8 Å². The van der Waals surface area contributed by atoms with Crippen LogP contribution in [0, 0.1) is 5.92 Å². The van der Waals surface area contributed by atoms with Crippen molar-refractivity contribution >= 4 is 5.91 Å². The van der Waals surface area contributed by atoms with Crippen molar-refractivity contribution in [1.82, 2.24) is 20.1 Å². The molecule has 122 valence electrons. The van der Waals surface area contributed by atoms with Gasteiger partial charge >= 0.3 is 0 Å². The van der Waals surface area contributed by atoms with Gasteiger partial charge in [-0.05, 0) is 18.9 Å². The number of rotatable bonds is 4. The van der Waals surface area contributed by atoms with E-state index in [9.17, 15) is 9.59 Å². The third-order valence-electron chi connectivity index (χ3n) is 4.17. The van der Waals surface area contributed by atoms with Crippen LogP contribution in [0.1, 0.15) is 34.9 Å². The average Bonchev–Trinajstić information content (AvgIpc) is 3.10. The Bertz CT molecular complexity index is 723. The number of carbonyl (C=O) groups excluding carboxylic acids is 1. The number of amides is 1. The molecule has 3 heterocycles. The predicted molar refractivity (Wildman–Crippen MR) is 84.0 cm³/mol. The van der Waals surface area contributed by atoms with Crippen molar-refractivity contribution in [3.63, 3.8) is 0 Å². The molecule has 2 aromatic rings. The van der Waals surface area contributed by atoms with Gasteiger partial charge in [0.05, 0.1) is 17.9 Å². The van der Waals surface area contributed by atoms with E-state index in [0.717, 1.165) is 25.0 Å². The zero-order chi connectivity index (χ0) is 16.2. The van der Waals surface area contributed by atoms with E-state index >= 15 is 0 Å². The van der Waals surface area contributed by atoms with Crippen LogP contribution in [0.25, 0.3) is 0 Å². The van der Waals surface area contributed by atoms with Gasteiger partial charge in [-0.3, -0.25) is 14.7 Å². The molecule has 1 amide bonds. The summed E-state index contributed by atoms with van der Waals surface area (Å²) in [5, 5.41) is 9.71. The summed E-state index contributed by atoms with van der Waals surface area (Å²) < 4.78 is 7.25. The lowest BCUT2D eigenvalue weighted by Gasteiger charge is -2.31. The normalized spacial score (nSPS) is 21.1. The Balaban J connectivity index is 1.65. The number of aryl methyl sites for hydroxylation is 1. The van der Waals surface area contributed by atoms with E-state index in [1.54, 1.807) is 25.5 Å². The number of hydrogen-bond donors (Lipinski definition) is 2. The molecule has 23 heavy (non-hydrogen) atoms. The number of nitrogens with zero attached hydrogens (tertiary/aromatic N) is 2. The number of H-pyrrole nitrogens is 1. The third-order valence-corrected chi connectivity index (χ3v) is 4.17. The van der Waals surface area contributed by atoms with Crippen molar-refractivity contribution in [1.29, 1.82) is 0 Å². The SMILES string of the molecule is Cn1cc(C(=O)NC[C@@H]2CCCO[C@H]2c2cn[nH]c2)ccc1=O. The largest absolute Gasteiger partial charge is 0.373 e. The Hall–Kier alpha value is -2.41. The van der Waals surface area contributed by atoms with E-state index in [-0.39, 0.29) is 23.5 Å². The fourth-order valence-electron chi connectivity index (χ4n) is 2.89. The first kappa shape index (κ1) is 15.5. The first-order chi connectivity index (χ1) is 11.1.